The number of benzene rings is 2. The fraction of sp³-hybridized carbons (Fsp3) is 0.188. The lowest BCUT2D eigenvalue weighted by Crippen LogP contribution is -2.17. The van der Waals surface area contributed by atoms with Gasteiger partial charge < -0.3 is 4.74 Å². The highest BCUT2D eigenvalue weighted by atomic mass is 35.5. The second-order valence-electron chi connectivity index (χ2n) is 4.28. The number of halogens is 1. The SMILES string of the molecule is COC(=O)[C@@H](Cc1ccccc1Cl)c1ccccc1. The van der Waals surface area contributed by atoms with Gasteiger partial charge in [0.05, 0.1) is 13.0 Å². The molecule has 2 aromatic carbocycles. The molecule has 98 valence electrons. The third-order valence-corrected chi connectivity index (χ3v) is 3.44. The minimum atomic E-state index is -0.328. The second-order valence-corrected chi connectivity index (χ2v) is 4.69. The van der Waals surface area contributed by atoms with Crippen molar-refractivity contribution in [3.05, 3.63) is 70.7 Å². The average Bonchev–Trinajstić information content (AvgIpc) is 2.46. The summed E-state index contributed by atoms with van der Waals surface area (Å²) in [6, 6.07) is 17.2. The fourth-order valence-corrected chi connectivity index (χ4v) is 2.26. The Morgan fingerprint density at radius 3 is 2.37 bits per heavy atom. The van der Waals surface area contributed by atoms with E-state index in [1.807, 2.05) is 54.6 Å². The molecule has 0 unspecified atom stereocenters. The Morgan fingerprint density at radius 1 is 1.11 bits per heavy atom. The lowest BCUT2D eigenvalue weighted by atomic mass is 9.92. The smallest absolute Gasteiger partial charge is 0.313 e. The van der Waals surface area contributed by atoms with E-state index >= 15 is 0 Å². The molecule has 0 N–H and O–H groups in total. The van der Waals surface area contributed by atoms with E-state index in [4.69, 9.17) is 16.3 Å². The molecule has 0 saturated heterocycles. The molecule has 0 spiro atoms. The van der Waals surface area contributed by atoms with Crippen molar-refractivity contribution in [1.82, 2.24) is 0 Å². The molecule has 1 atom stereocenters. The Balaban J connectivity index is 2.30. The number of methoxy groups -OCH3 is 1. The maximum atomic E-state index is 12.0. The monoisotopic (exact) mass is 274 g/mol. The van der Waals surface area contributed by atoms with Gasteiger partial charge in [0.15, 0.2) is 0 Å². The first-order valence-electron chi connectivity index (χ1n) is 6.08. The van der Waals surface area contributed by atoms with Gasteiger partial charge in [-0.05, 0) is 23.6 Å². The van der Waals surface area contributed by atoms with Crippen LogP contribution in [0.1, 0.15) is 17.0 Å². The molecule has 2 aromatic rings. The first-order valence-corrected chi connectivity index (χ1v) is 6.46. The molecule has 0 aromatic heterocycles. The van der Waals surface area contributed by atoms with Crippen molar-refractivity contribution in [3.63, 3.8) is 0 Å². The summed E-state index contributed by atoms with van der Waals surface area (Å²) in [5, 5.41) is 0.673. The first kappa shape index (κ1) is 13.6. The van der Waals surface area contributed by atoms with Crippen molar-refractivity contribution in [2.75, 3.05) is 7.11 Å². The Morgan fingerprint density at radius 2 is 1.74 bits per heavy atom. The Kier molecular flexibility index (Phi) is 4.58. The molecule has 2 nitrogen and oxygen atoms in total. The Labute approximate surface area is 118 Å². The Bertz CT molecular complexity index is 552. The van der Waals surface area contributed by atoms with E-state index in [2.05, 4.69) is 0 Å². The Hall–Kier alpha value is -1.80. The lowest BCUT2D eigenvalue weighted by Gasteiger charge is -2.15. The zero-order valence-corrected chi connectivity index (χ0v) is 11.4. The third-order valence-electron chi connectivity index (χ3n) is 3.07. The number of carbonyl (C=O) groups excluding carboxylic acids is 1. The van der Waals surface area contributed by atoms with Crippen molar-refractivity contribution in [2.24, 2.45) is 0 Å². The maximum absolute atomic E-state index is 12.0. The summed E-state index contributed by atoms with van der Waals surface area (Å²) in [6.45, 7) is 0. The zero-order chi connectivity index (χ0) is 13.7. The molecule has 0 aliphatic rings. The van der Waals surface area contributed by atoms with Crippen LogP contribution in [0.4, 0.5) is 0 Å². The molecule has 0 aliphatic carbocycles. The minimum Gasteiger partial charge on any atom is -0.469 e. The lowest BCUT2D eigenvalue weighted by molar-refractivity contribution is -0.142. The number of ether oxygens (including phenoxy) is 1. The van der Waals surface area contributed by atoms with E-state index in [9.17, 15) is 4.79 Å². The summed E-state index contributed by atoms with van der Waals surface area (Å²) in [6.07, 6.45) is 0.538. The highest BCUT2D eigenvalue weighted by molar-refractivity contribution is 6.31. The number of hydrogen-bond donors (Lipinski definition) is 0. The van der Waals surface area contributed by atoms with Gasteiger partial charge in [0, 0.05) is 5.02 Å². The molecular formula is C16H15ClO2. The predicted molar refractivity (Wildman–Crippen MR) is 76.4 cm³/mol. The highest BCUT2D eigenvalue weighted by Gasteiger charge is 2.22. The van der Waals surface area contributed by atoms with Gasteiger partial charge in [-0.1, -0.05) is 60.1 Å². The van der Waals surface area contributed by atoms with Gasteiger partial charge in [-0.2, -0.15) is 0 Å². The highest BCUT2D eigenvalue weighted by Crippen LogP contribution is 2.26. The molecule has 0 fully saturated rings. The number of hydrogen-bond acceptors (Lipinski definition) is 2. The molecule has 0 heterocycles. The number of rotatable bonds is 4. The van der Waals surface area contributed by atoms with Crippen molar-refractivity contribution >= 4 is 17.6 Å². The van der Waals surface area contributed by atoms with Crippen LogP contribution in [0.5, 0.6) is 0 Å². The van der Waals surface area contributed by atoms with E-state index in [-0.39, 0.29) is 11.9 Å². The molecule has 19 heavy (non-hydrogen) atoms. The molecule has 0 bridgehead atoms. The maximum Gasteiger partial charge on any atom is 0.313 e. The van der Waals surface area contributed by atoms with Gasteiger partial charge in [0.1, 0.15) is 0 Å². The van der Waals surface area contributed by atoms with Crippen LogP contribution in [0.15, 0.2) is 54.6 Å². The fourth-order valence-electron chi connectivity index (χ4n) is 2.05. The molecule has 0 saturated carbocycles. The van der Waals surface area contributed by atoms with E-state index in [0.717, 1.165) is 11.1 Å². The van der Waals surface area contributed by atoms with Crippen LogP contribution in [0, 0.1) is 0 Å². The average molecular weight is 275 g/mol. The third kappa shape index (κ3) is 3.36. The predicted octanol–water partition coefficient (Wildman–Crippen LogP) is 3.84. The van der Waals surface area contributed by atoms with E-state index in [1.165, 1.54) is 7.11 Å². The topological polar surface area (TPSA) is 26.3 Å². The molecule has 3 heteroatoms. The van der Waals surface area contributed by atoms with Crippen molar-refractivity contribution in [2.45, 2.75) is 12.3 Å². The molecular weight excluding hydrogens is 260 g/mol. The summed E-state index contributed by atoms with van der Waals surface area (Å²) in [5.41, 5.74) is 1.89. The van der Waals surface area contributed by atoms with E-state index < -0.39 is 0 Å². The van der Waals surface area contributed by atoms with Gasteiger partial charge in [0.2, 0.25) is 0 Å². The van der Waals surface area contributed by atoms with Crippen LogP contribution in [0.3, 0.4) is 0 Å². The summed E-state index contributed by atoms with van der Waals surface area (Å²) < 4.78 is 4.90. The van der Waals surface area contributed by atoms with Gasteiger partial charge in [-0.3, -0.25) is 4.79 Å². The zero-order valence-electron chi connectivity index (χ0n) is 10.7. The van der Waals surface area contributed by atoms with Crippen LogP contribution in [-0.2, 0) is 16.0 Å². The standard InChI is InChI=1S/C16H15ClO2/c1-19-16(18)14(12-7-3-2-4-8-12)11-13-9-5-6-10-15(13)17/h2-10,14H,11H2,1H3/t14-/m0/s1. The molecule has 2 rings (SSSR count). The molecule has 0 aliphatic heterocycles. The number of carbonyl (C=O) groups is 1. The van der Waals surface area contributed by atoms with Crippen molar-refractivity contribution in [1.29, 1.82) is 0 Å². The normalized spacial score (nSPS) is 11.9. The van der Waals surface area contributed by atoms with Crippen LogP contribution in [0.25, 0.3) is 0 Å². The molecule has 0 amide bonds. The van der Waals surface area contributed by atoms with Crippen molar-refractivity contribution < 1.29 is 9.53 Å². The van der Waals surface area contributed by atoms with E-state index in [0.29, 0.717) is 11.4 Å². The largest absolute Gasteiger partial charge is 0.469 e. The van der Waals surface area contributed by atoms with Crippen molar-refractivity contribution in [3.8, 4) is 0 Å². The minimum absolute atomic E-state index is 0.244. The molecule has 0 radical (unpaired) electrons. The summed E-state index contributed by atoms with van der Waals surface area (Å²) in [5.74, 6) is -0.572. The van der Waals surface area contributed by atoms with Gasteiger partial charge in [-0.25, -0.2) is 0 Å². The van der Waals surface area contributed by atoms with Gasteiger partial charge in [-0.15, -0.1) is 0 Å². The first-order chi connectivity index (χ1) is 9.22. The van der Waals surface area contributed by atoms with Crippen LogP contribution in [0.2, 0.25) is 5.02 Å². The van der Waals surface area contributed by atoms with Crippen LogP contribution < -0.4 is 0 Å². The quantitative estimate of drug-likeness (QED) is 0.792. The van der Waals surface area contributed by atoms with Crippen LogP contribution in [-0.4, -0.2) is 13.1 Å². The van der Waals surface area contributed by atoms with Crippen LogP contribution >= 0.6 is 11.6 Å². The summed E-state index contributed by atoms with van der Waals surface area (Å²) in [7, 11) is 1.41. The van der Waals surface area contributed by atoms with E-state index in [1.54, 1.807) is 0 Å². The summed E-state index contributed by atoms with van der Waals surface area (Å²) in [4.78, 5) is 12.0. The summed E-state index contributed by atoms with van der Waals surface area (Å²) >= 11 is 6.15. The second kappa shape index (κ2) is 6.39. The number of esters is 1. The van der Waals surface area contributed by atoms with Gasteiger partial charge in [0.25, 0.3) is 0 Å². The van der Waals surface area contributed by atoms with Gasteiger partial charge >= 0.3 is 5.97 Å².